The van der Waals surface area contributed by atoms with Gasteiger partial charge in [0.15, 0.2) is 0 Å². The van der Waals surface area contributed by atoms with Gasteiger partial charge in [0.2, 0.25) is 0 Å². The fourth-order valence-corrected chi connectivity index (χ4v) is 0.733. The van der Waals surface area contributed by atoms with E-state index in [4.69, 9.17) is 12.6 Å². The molecule has 0 spiro atoms. The third-order valence-electron chi connectivity index (χ3n) is 0.998. The predicted octanol–water partition coefficient (Wildman–Crippen LogP) is 1.73. The van der Waals surface area contributed by atoms with Crippen LogP contribution in [0.25, 0.3) is 0 Å². The molecular weight excluding hydrogens is 309 g/mol. The molecule has 0 aromatic carbocycles. The van der Waals surface area contributed by atoms with Crippen LogP contribution in [0.4, 0.5) is 0 Å². The second-order valence-electron chi connectivity index (χ2n) is 1.76. The van der Waals surface area contributed by atoms with Crippen LogP contribution in [-0.4, -0.2) is 33.1 Å². The van der Waals surface area contributed by atoms with Gasteiger partial charge in [-0.15, -0.1) is 0 Å². The Morgan fingerprint density at radius 1 is 1.12 bits per heavy atom. The van der Waals surface area contributed by atoms with Crippen molar-refractivity contribution in [2.75, 3.05) is 5.75 Å². The molecule has 0 aromatic rings. The molecule has 46 valence electrons. The molecule has 0 aliphatic rings. The van der Waals surface area contributed by atoms with Gasteiger partial charge in [-0.2, -0.15) is 5.75 Å². The smallest absolute Gasteiger partial charge is 0.793 e. The summed E-state index contributed by atoms with van der Waals surface area (Å²) in [7, 11) is 0. The molecule has 0 fully saturated rings. The second kappa shape index (κ2) is 11.1. The van der Waals surface area contributed by atoms with Crippen molar-refractivity contribution in [3.05, 3.63) is 0 Å². The molecule has 8 heavy (non-hydrogen) atoms. The van der Waals surface area contributed by atoms with Crippen molar-refractivity contribution in [1.82, 2.24) is 0 Å². The molecule has 0 unspecified atom stereocenters. The summed E-state index contributed by atoms with van der Waals surface area (Å²) < 4.78 is 0. The quantitative estimate of drug-likeness (QED) is 0.432. The van der Waals surface area contributed by atoms with Crippen LogP contribution in [-0.2, 0) is 12.6 Å². The van der Waals surface area contributed by atoms with Gasteiger partial charge in [0.25, 0.3) is 0 Å². The Kier molecular flexibility index (Phi) is 16.7. The van der Waals surface area contributed by atoms with E-state index in [-0.39, 0.29) is 27.3 Å². The van der Waals surface area contributed by atoms with E-state index in [2.05, 4.69) is 6.92 Å². The van der Waals surface area contributed by atoms with Crippen molar-refractivity contribution < 1.29 is 0 Å². The molecule has 0 saturated carbocycles. The van der Waals surface area contributed by atoms with Crippen LogP contribution >= 0.6 is 0 Å². The molecule has 0 N–H and O–H groups in total. The third-order valence-corrected chi connectivity index (χ3v) is 1.29. The number of hydrogen-bond acceptors (Lipinski definition) is 1. The summed E-state index contributed by atoms with van der Waals surface area (Å²) in [6.45, 7) is 2.21. The Morgan fingerprint density at radius 3 is 2.12 bits per heavy atom. The number of unbranched alkanes of at least 4 members (excludes halogenated alkanes) is 3. The Hall–Kier alpha value is 1.27. The summed E-state index contributed by atoms with van der Waals surface area (Å²) in [5, 5.41) is 0. The van der Waals surface area contributed by atoms with Crippen molar-refractivity contribution in [2.24, 2.45) is 0 Å². The first kappa shape index (κ1) is 12.0. The summed E-state index contributed by atoms with van der Waals surface area (Å²) in [6.07, 6.45) is 5.25. The van der Waals surface area contributed by atoms with E-state index < -0.39 is 0 Å². The SMILES string of the molecule is CCCCCC[S-].[Tl+]. The van der Waals surface area contributed by atoms with Crippen molar-refractivity contribution in [2.45, 2.75) is 32.6 Å². The minimum atomic E-state index is 0. The summed E-state index contributed by atoms with van der Waals surface area (Å²) in [4.78, 5) is 0. The van der Waals surface area contributed by atoms with Crippen molar-refractivity contribution in [3.8, 4) is 0 Å². The summed E-state index contributed by atoms with van der Waals surface area (Å²) >= 11 is 4.77. The second-order valence-corrected chi connectivity index (χ2v) is 2.17. The van der Waals surface area contributed by atoms with Gasteiger partial charge < -0.3 is 12.6 Å². The topological polar surface area (TPSA) is 0 Å². The van der Waals surface area contributed by atoms with Crippen LogP contribution in [0.3, 0.4) is 0 Å². The molecule has 0 nitrogen and oxygen atoms in total. The maximum Gasteiger partial charge on any atom is 1.00 e. The van der Waals surface area contributed by atoms with Gasteiger partial charge in [-0.3, -0.25) is 0 Å². The van der Waals surface area contributed by atoms with E-state index in [0.717, 1.165) is 5.75 Å². The van der Waals surface area contributed by atoms with E-state index >= 15 is 0 Å². The van der Waals surface area contributed by atoms with E-state index in [1.54, 1.807) is 0 Å². The normalized spacial score (nSPS) is 8.25. The fourth-order valence-electron chi connectivity index (χ4n) is 0.529. The van der Waals surface area contributed by atoms with Gasteiger partial charge in [-0.1, -0.05) is 32.6 Å². The average Bonchev–Trinajstić information content (AvgIpc) is 1.69. The predicted molar refractivity (Wildman–Crippen MR) is 42.1 cm³/mol. The number of hydrogen-bond donors (Lipinski definition) is 0. The monoisotopic (exact) mass is 322 g/mol. The minimum absolute atomic E-state index is 0. The van der Waals surface area contributed by atoms with E-state index in [1.165, 1.54) is 25.7 Å². The van der Waals surface area contributed by atoms with Crippen LogP contribution in [0, 0.1) is 0 Å². The van der Waals surface area contributed by atoms with Gasteiger partial charge >= 0.3 is 27.3 Å². The molecule has 0 aliphatic heterocycles. The molecule has 0 aromatic heterocycles. The van der Waals surface area contributed by atoms with Crippen LogP contribution in [0.5, 0.6) is 0 Å². The summed E-state index contributed by atoms with van der Waals surface area (Å²) in [5.41, 5.74) is 0. The Balaban J connectivity index is 0. The first-order valence-electron chi connectivity index (χ1n) is 3.00. The fraction of sp³-hybridized carbons (Fsp3) is 1.00. The zero-order chi connectivity index (χ0) is 5.54. The largest absolute Gasteiger partial charge is 1.00 e. The molecule has 0 heterocycles. The van der Waals surface area contributed by atoms with Crippen LogP contribution in [0.2, 0.25) is 0 Å². The molecule has 0 aliphatic carbocycles. The summed E-state index contributed by atoms with van der Waals surface area (Å²) in [5.74, 6) is 0.944. The van der Waals surface area contributed by atoms with Gasteiger partial charge in [-0.25, -0.2) is 0 Å². The minimum Gasteiger partial charge on any atom is -0.793 e. The third kappa shape index (κ3) is 10.3. The summed E-state index contributed by atoms with van der Waals surface area (Å²) in [6, 6.07) is 0. The van der Waals surface area contributed by atoms with Gasteiger partial charge in [0, 0.05) is 0 Å². The molecule has 0 radical (unpaired) electrons. The molecule has 0 rings (SSSR count). The molecule has 0 saturated heterocycles. The standard InChI is InChI=1S/C6H14S.Tl/c1-2-3-4-5-6-7;/h7H,2-6H2,1H3;/q;+1/p-1. The molecule has 0 atom stereocenters. The Labute approximate surface area is 78.0 Å². The van der Waals surface area contributed by atoms with Crippen LogP contribution in [0.15, 0.2) is 0 Å². The van der Waals surface area contributed by atoms with Crippen molar-refractivity contribution >= 4 is 39.9 Å². The van der Waals surface area contributed by atoms with Crippen molar-refractivity contribution in [3.63, 3.8) is 0 Å². The molecule has 0 bridgehead atoms. The number of rotatable bonds is 4. The molecular formula is C6H13STl. The first-order valence-corrected chi connectivity index (χ1v) is 3.57. The van der Waals surface area contributed by atoms with Crippen LogP contribution < -0.4 is 0 Å². The maximum absolute atomic E-state index is 4.77. The van der Waals surface area contributed by atoms with E-state index in [1.807, 2.05) is 0 Å². The van der Waals surface area contributed by atoms with E-state index in [9.17, 15) is 0 Å². The van der Waals surface area contributed by atoms with Gasteiger partial charge in [0.1, 0.15) is 0 Å². The molecule has 2 heteroatoms. The van der Waals surface area contributed by atoms with Gasteiger partial charge in [-0.05, 0) is 0 Å². The zero-order valence-electron chi connectivity index (χ0n) is 5.52. The first-order chi connectivity index (χ1) is 3.41. The molecule has 0 amide bonds. The average molecular weight is 322 g/mol. The Morgan fingerprint density at radius 2 is 1.75 bits per heavy atom. The van der Waals surface area contributed by atoms with E-state index in [0.29, 0.717) is 0 Å². The Bertz CT molecular complexity index is 27.7. The zero-order valence-corrected chi connectivity index (χ0v) is 10.8. The van der Waals surface area contributed by atoms with Crippen molar-refractivity contribution in [1.29, 1.82) is 0 Å². The van der Waals surface area contributed by atoms with Gasteiger partial charge in [0.05, 0.1) is 0 Å². The van der Waals surface area contributed by atoms with Crippen LogP contribution in [0.1, 0.15) is 32.6 Å². The maximum atomic E-state index is 4.77.